The number of rotatable bonds is 4. The van der Waals surface area contributed by atoms with Crippen LogP contribution in [-0.4, -0.2) is 38.7 Å². The minimum atomic E-state index is -3.30. The maximum absolute atomic E-state index is 12.0. The summed E-state index contributed by atoms with van der Waals surface area (Å²) in [4.78, 5) is 9.38. The molecule has 0 spiro atoms. The highest BCUT2D eigenvalue weighted by Gasteiger charge is 2.31. The van der Waals surface area contributed by atoms with E-state index in [9.17, 15) is 8.42 Å². The Hall–Kier alpha value is -2.58. The highest BCUT2D eigenvalue weighted by atomic mass is 32.2. The lowest BCUT2D eigenvalue weighted by atomic mass is 10.1. The minimum Gasteiger partial charge on any atom is -0.275 e. The number of fused-ring (bicyclic) bond motifs is 1. The van der Waals surface area contributed by atoms with Crippen LogP contribution in [0.25, 0.3) is 11.4 Å². The molecule has 1 aliphatic heterocycles. The zero-order chi connectivity index (χ0) is 18.3. The Morgan fingerprint density at radius 3 is 2.50 bits per heavy atom. The average molecular weight is 369 g/mol. The van der Waals surface area contributed by atoms with E-state index in [-0.39, 0.29) is 13.1 Å². The molecule has 0 amide bonds. The van der Waals surface area contributed by atoms with E-state index in [0.29, 0.717) is 17.9 Å². The summed E-state index contributed by atoms with van der Waals surface area (Å²) in [5.41, 5.74) is 4.16. The summed E-state index contributed by atoms with van der Waals surface area (Å²) < 4.78 is 27.1. The van der Waals surface area contributed by atoms with Gasteiger partial charge in [0.2, 0.25) is 10.0 Å². The molecule has 3 heterocycles. The maximum Gasteiger partial charge on any atom is 0.211 e. The van der Waals surface area contributed by atoms with Gasteiger partial charge in [-0.2, -0.15) is 9.40 Å². The van der Waals surface area contributed by atoms with Crippen LogP contribution < -0.4 is 0 Å². The SMILES string of the molecule is Cn1ccc(-c2nc(Cc3ccccc3)nc3c2CN(S(C)(=O)=O)C3)n1. The predicted molar refractivity (Wildman–Crippen MR) is 97.6 cm³/mol. The van der Waals surface area contributed by atoms with E-state index in [0.717, 1.165) is 22.5 Å². The van der Waals surface area contributed by atoms with E-state index in [4.69, 9.17) is 4.98 Å². The Morgan fingerprint density at radius 2 is 1.85 bits per heavy atom. The van der Waals surface area contributed by atoms with Crippen molar-refractivity contribution in [3.63, 3.8) is 0 Å². The van der Waals surface area contributed by atoms with Crippen molar-refractivity contribution in [3.8, 4) is 11.4 Å². The Kier molecular flexibility index (Phi) is 4.08. The second kappa shape index (κ2) is 6.30. The zero-order valence-corrected chi connectivity index (χ0v) is 15.4. The monoisotopic (exact) mass is 369 g/mol. The smallest absolute Gasteiger partial charge is 0.211 e. The summed E-state index contributed by atoms with van der Waals surface area (Å²) >= 11 is 0. The summed E-state index contributed by atoms with van der Waals surface area (Å²) in [6.07, 6.45) is 3.66. The lowest BCUT2D eigenvalue weighted by Crippen LogP contribution is -2.23. The van der Waals surface area contributed by atoms with Crippen molar-refractivity contribution >= 4 is 10.0 Å². The lowest BCUT2D eigenvalue weighted by Gasteiger charge is -2.10. The van der Waals surface area contributed by atoms with Crippen molar-refractivity contribution in [2.45, 2.75) is 19.5 Å². The highest BCUT2D eigenvalue weighted by Crippen LogP contribution is 2.31. The van der Waals surface area contributed by atoms with Crippen LogP contribution in [0.2, 0.25) is 0 Å². The van der Waals surface area contributed by atoms with Gasteiger partial charge in [-0.15, -0.1) is 0 Å². The van der Waals surface area contributed by atoms with E-state index >= 15 is 0 Å². The van der Waals surface area contributed by atoms with Gasteiger partial charge in [0.05, 0.1) is 24.2 Å². The highest BCUT2D eigenvalue weighted by molar-refractivity contribution is 7.88. The second-order valence-corrected chi connectivity index (χ2v) is 8.46. The first-order chi connectivity index (χ1) is 12.4. The molecule has 0 unspecified atom stereocenters. The normalized spacial score (nSPS) is 14.5. The number of aryl methyl sites for hydroxylation is 1. The van der Waals surface area contributed by atoms with Crippen LogP contribution in [0, 0.1) is 0 Å². The van der Waals surface area contributed by atoms with Crippen LogP contribution in [0.5, 0.6) is 0 Å². The molecule has 3 aromatic rings. The van der Waals surface area contributed by atoms with Crippen LogP contribution in [-0.2, 0) is 36.6 Å². The molecule has 8 heteroatoms. The van der Waals surface area contributed by atoms with Crippen LogP contribution in [0.4, 0.5) is 0 Å². The first-order valence-electron chi connectivity index (χ1n) is 8.28. The molecule has 0 saturated heterocycles. The van der Waals surface area contributed by atoms with Crippen LogP contribution in [0.3, 0.4) is 0 Å². The predicted octanol–water partition coefficient (Wildman–Crippen LogP) is 1.74. The summed E-state index contributed by atoms with van der Waals surface area (Å²) in [7, 11) is -1.45. The van der Waals surface area contributed by atoms with E-state index in [1.54, 1.807) is 4.68 Å². The summed E-state index contributed by atoms with van der Waals surface area (Å²) in [5.74, 6) is 0.672. The third kappa shape index (κ3) is 3.25. The standard InChI is InChI=1S/C18H19N5O2S/c1-22-9-8-15(21-22)18-14-11-23(26(2,24)25)12-16(14)19-17(20-18)10-13-6-4-3-5-7-13/h3-9H,10-12H2,1-2H3. The van der Waals surface area contributed by atoms with Crippen molar-refractivity contribution in [1.82, 2.24) is 24.1 Å². The molecule has 0 atom stereocenters. The average Bonchev–Trinajstić information content (AvgIpc) is 3.21. The molecule has 0 N–H and O–H groups in total. The largest absolute Gasteiger partial charge is 0.275 e. The van der Waals surface area contributed by atoms with E-state index in [1.165, 1.54) is 10.6 Å². The first kappa shape index (κ1) is 16.9. The second-order valence-electron chi connectivity index (χ2n) is 6.48. The van der Waals surface area contributed by atoms with Crippen molar-refractivity contribution in [2.24, 2.45) is 7.05 Å². The summed E-state index contributed by atoms with van der Waals surface area (Å²) in [6, 6.07) is 11.9. The Morgan fingerprint density at radius 1 is 1.08 bits per heavy atom. The topological polar surface area (TPSA) is 81.0 Å². The van der Waals surface area contributed by atoms with Gasteiger partial charge in [0.25, 0.3) is 0 Å². The van der Waals surface area contributed by atoms with Crippen LogP contribution in [0.1, 0.15) is 22.6 Å². The van der Waals surface area contributed by atoms with Crippen molar-refractivity contribution in [2.75, 3.05) is 6.26 Å². The van der Waals surface area contributed by atoms with E-state index in [2.05, 4.69) is 10.1 Å². The number of aromatic nitrogens is 4. The zero-order valence-electron chi connectivity index (χ0n) is 14.6. The molecular formula is C18H19N5O2S. The van der Waals surface area contributed by atoms with Gasteiger partial charge < -0.3 is 0 Å². The van der Waals surface area contributed by atoms with Crippen molar-refractivity contribution in [1.29, 1.82) is 0 Å². The van der Waals surface area contributed by atoms with Gasteiger partial charge in [-0.3, -0.25) is 4.68 Å². The molecule has 2 aromatic heterocycles. The molecule has 1 aromatic carbocycles. The van der Waals surface area contributed by atoms with E-state index < -0.39 is 10.0 Å². The molecule has 0 aliphatic carbocycles. The van der Waals surface area contributed by atoms with Crippen LogP contribution in [0.15, 0.2) is 42.6 Å². The van der Waals surface area contributed by atoms with Gasteiger partial charge in [-0.1, -0.05) is 30.3 Å². The molecule has 0 saturated carbocycles. The van der Waals surface area contributed by atoms with Gasteiger partial charge in [0.15, 0.2) is 0 Å². The Balaban J connectivity index is 1.79. The number of nitrogens with zero attached hydrogens (tertiary/aromatic N) is 5. The van der Waals surface area contributed by atoms with Gasteiger partial charge in [0, 0.05) is 31.8 Å². The van der Waals surface area contributed by atoms with Gasteiger partial charge in [0.1, 0.15) is 11.5 Å². The third-order valence-corrected chi connectivity index (χ3v) is 5.63. The Labute approximate surface area is 152 Å². The number of hydrogen-bond acceptors (Lipinski definition) is 5. The molecule has 26 heavy (non-hydrogen) atoms. The Bertz CT molecular complexity index is 1060. The van der Waals surface area contributed by atoms with Crippen LogP contribution >= 0.6 is 0 Å². The van der Waals surface area contributed by atoms with Gasteiger partial charge >= 0.3 is 0 Å². The fourth-order valence-corrected chi connectivity index (χ4v) is 3.84. The molecule has 0 fully saturated rings. The molecule has 1 aliphatic rings. The number of hydrogen-bond donors (Lipinski definition) is 0. The number of benzene rings is 1. The van der Waals surface area contributed by atoms with Crippen molar-refractivity contribution in [3.05, 3.63) is 65.2 Å². The van der Waals surface area contributed by atoms with E-state index in [1.807, 2.05) is 49.6 Å². The van der Waals surface area contributed by atoms with Crippen molar-refractivity contribution < 1.29 is 8.42 Å². The molecule has 134 valence electrons. The lowest BCUT2D eigenvalue weighted by molar-refractivity contribution is 0.434. The maximum atomic E-state index is 12.0. The first-order valence-corrected chi connectivity index (χ1v) is 10.1. The molecular weight excluding hydrogens is 350 g/mol. The fraction of sp³-hybridized carbons (Fsp3) is 0.278. The summed E-state index contributed by atoms with van der Waals surface area (Å²) in [5, 5.41) is 4.45. The molecule has 0 bridgehead atoms. The third-order valence-electron chi connectivity index (χ3n) is 4.43. The van der Waals surface area contributed by atoms with Gasteiger partial charge in [-0.25, -0.2) is 18.4 Å². The molecule has 7 nitrogen and oxygen atoms in total. The quantitative estimate of drug-likeness (QED) is 0.700. The molecule has 0 radical (unpaired) electrons. The fourth-order valence-electron chi connectivity index (χ4n) is 3.12. The number of sulfonamides is 1. The van der Waals surface area contributed by atoms with Gasteiger partial charge in [-0.05, 0) is 11.6 Å². The summed E-state index contributed by atoms with van der Waals surface area (Å²) in [6.45, 7) is 0.560. The molecule has 4 rings (SSSR count). The minimum absolute atomic E-state index is 0.276.